The van der Waals surface area contributed by atoms with Crippen LogP contribution >= 0.6 is 22.9 Å². The van der Waals surface area contributed by atoms with Crippen LogP contribution in [0.15, 0.2) is 42.5 Å². The number of carbonyl (C=O) groups excluding carboxylic acids is 1. The number of nitrogens with zero attached hydrogens (tertiary/aromatic N) is 3. The maximum Gasteiger partial charge on any atom is 0.246 e. The first-order valence-corrected chi connectivity index (χ1v) is 9.27. The van der Waals surface area contributed by atoms with Crippen molar-refractivity contribution in [3.8, 4) is 6.07 Å². The Hall–Kier alpha value is -2.13. The minimum absolute atomic E-state index is 0.0307. The highest BCUT2D eigenvalue weighted by atomic mass is 35.5. The first kappa shape index (κ1) is 17.7. The molecule has 1 amide bonds. The van der Waals surface area contributed by atoms with E-state index in [9.17, 15) is 4.79 Å². The molecule has 2 heterocycles. The molecule has 1 aliphatic rings. The van der Waals surface area contributed by atoms with E-state index in [4.69, 9.17) is 16.9 Å². The standard InChI is InChI=1S/C19H18ClN3OS/c20-18-7-6-17(25-18)14-22-9-11-23(12-10-22)19(24)8-5-15-1-3-16(13-21)4-2-15/h1-8H,9-12,14H2. The lowest BCUT2D eigenvalue weighted by Crippen LogP contribution is -2.47. The van der Waals surface area contributed by atoms with Gasteiger partial charge >= 0.3 is 0 Å². The van der Waals surface area contributed by atoms with Gasteiger partial charge in [-0.2, -0.15) is 5.26 Å². The van der Waals surface area contributed by atoms with Crippen LogP contribution in [0.25, 0.3) is 6.08 Å². The summed E-state index contributed by atoms with van der Waals surface area (Å²) in [5, 5.41) is 8.79. The minimum atomic E-state index is 0.0307. The van der Waals surface area contributed by atoms with Gasteiger partial charge < -0.3 is 4.90 Å². The summed E-state index contributed by atoms with van der Waals surface area (Å²) in [5.74, 6) is 0.0307. The van der Waals surface area contributed by atoms with Gasteiger partial charge in [-0.15, -0.1) is 11.3 Å². The Balaban J connectivity index is 1.49. The normalized spacial score (nSPS) is 15.4. The van der Waals surface area contributed by atoms with Crippen molar-refractivity contribution in [1.82, 2.24) is 9.80 Å². The number of thiophene rings is 1. The van der Waals surface area contributed by atoms with Gasteiger partial charge in [0.1, 0.15) is 0 Å². The second-order valence-electron chi connectivity index (χ2n) is 5.87. The topological polar surface area (TPSA) is 47.3 Å². The molecule has 6 heteroatoms. The zero-order chi connectivity index (χ0) is 17.6. The summed E-state index contributed by atoms with van der Waals surface area (Å²) < 4.78 is 0.816. The lowest BCUT2D eigenvalue weighted by atomic mass is 10.1. The molecule has 2 aromatic rings. The number of hydrogen-bond acceptors (Lipinski definition) is 4. The summed E-state index contributed by atoms with van der Waals surface area (Å²) in [6, 6.07) is 13.2. The minimum Gasteiger partial charge on any atom is -0.337 e. The molecule has 0 bridgehead atoms. The Morgan fingerprint density at radius 2 is 1.88 bits per heavy atom. The lowest BCUT2D eigenvalue weighted by Gasteiger charge is -2.33. The highest BCUT2D eigenvalue weighted by Crippen LogP contribution is 2.23. The fourth-order valence-corrected chi connectivity index (χ4v) is 3.86. The molecule has 0 saturated carbocycles. The van der Waals surface area contributed by atoms with Crippen molar-refractivity contribution in [2.24, 2.45) is 0 Å². The molecule has 128 valence electrons. The molecule has 1 fully saturated rings. The summed E-state index contributed by atoms with van der Waals surface area (Å²) >= 11 is 7.58. The molecule has 1 saturated heterocycles. The molecule has 1 aromatic carbocycles. The summed E-state index contributed by atoms with van der Waals surface area (Å²) in [7, 11) is 0. The van der Waals surface area contributed by atoms with Crippen molar-refractivity contribution < 1.29 is 4.79 Å². The Morgan fingerprint density at radius 1 is 1.16 bits per heavy atom. The summed E-state index contributed by atoms with van der Waals surface area (Å²) in [6.45, 7) is 4.09. The van der Waals surface area contributed by atoms with E-state index in [2.05, 4.69) is 17.0 Å². The number of benzene rings is 1. The van der Waals surface area contributed by atoms with E-state index in [1.54, 1.807) is 35.6 Å². The van der Waals surface area contributed by atoms with Gasteiger partial charge in [0, 0.05) is 43.7 Å². The van der Waals surface area contributed by atoms with Crippen LogP contribution in [0.3, 0.4) is 0 Å². The fourth-order valence-electron chi connectivity index (χ4n) is 2.73. The molecule has 0 aliphatic carbocycles. The van der Waals surface area contributed by atoms with Crippen LogP contribution in [0.5, 0.6) is 0 Å². The van der Waals surface area contributed by atoms with Crippen molar-refractivity contribution in [3.05, 3.63) is 62.8 Å². The van der Waals surface area contributed by atoms with E-state index >= 15 is 0 Å². The van der Waals surface area contributed by atoms with Gasteiger partial charge in [0.2, 0.25) is 5.91 Å². The SMILES string of the molecule is N#Cc1ccc(C=CC(=O)N2CCN(Cc3ccc(Cl)s3)CC2)cc1. The third kappa shape index (κ3) is 4.93. The monoisotopic (exact) mass is 371 g/mol. The van der Waals surface area contributed by atoms with Crippen molar-refractivity contribution >= 4 is 34.9 Å². The van der Waals surface area contributed by atoms with E-state index < -0.39 is 0 Å². The van der Waals surface area contributed by atoms with Gasteiger partial charge in [0.15, 0.2) is 0 Å². The Kier molecular flexibility index (Phi) is 5.87. The molecule has 1 aliphatic heterocycles. The average molecular weight is 372 g/mol. The summed E-state index contributed by atoms with van der Waals surface area (Å²) in [6.07, 6.45) is 3.40. The smallest absolute Gasteiger partial charge is 0.246 e. The van der Waals surface area contributed by atoms with Crippen LogP contribution in [-0.2, 0) is 11.3 Å². The first-order valence-electron chi connectivity index (χ1n) is 8.08. The maximum absolute atomic E-state index is 12.3. The van der Waals surface area contributed by atoms with Gasteiger partial charge in [-0.05, 0) is 35.9 Å². The van der Waals surface area contributed by atoms with E-state index in [1.807, 2.05) is 23.1 Å². The number of hydrogen-bond donors (Lipinski definition) is 0. The first-order chi connectivity index (χ1) is 12.1. The van der Waals surface area contributed by atoms with E-state index in [1.165, 1.54) is 4.88 Å². The summed E-state index contributed by atoms with van der Waals surface area (Å²) in [4.78, 5) is 17.8. The molecule has 4 nitrogen and oxygen atoms in total. The number of halogens is 1. The molecular weight excluding hydrogens is 354 g/mol. The Morgan fingerprint density at radius 3 is 2.48 bits per heavy atom. The maximum atomic E-state index is 12.3. The van der Waals surface area contributed by atoms with E-state index in [-0.39, 0.29) is 5.91 Å². The average Bonchev–Trinajstić information content (AvgIpc) is 3.05. The van der Waals surface area contributed by atoms with Gasteiger partial charge in [-0.3, -0.25) is 9.69 Å². The number of nitriles is 1. The van der Waals surface area contributed by atoms with Crippen LogP contribution in [0.1, 0.15) is 16.0 Å². The lowest BCUT2D eigenvalue weighted by molar-refractivity contribution is -0.127. The van der Waals surface area contributed by atoms with Crippen LogP contribution in [0, 0.1) is 11.3 Å². The third-order valence-corrected chi connectivity index (χ3v) is 5.37. The Bertz CT molecular complexity index is 799. The summed E-state index contributed by atoms with van der Waals surface area (Å²) in [5.41, 5.74) is 1.53. The predicted molar refractivity (Wildman–Crippen MR) is 101 cm³/mol. The van der Waals surface area contributed by atoms with Crippen molar-refractivity contribution in [3.63, 3.8) is 0 Å². The number of amides is 1. The Labute approximate surface area is 156 Å². The van der Waals surface area contributed by atoms with Crippen LogP contribution in [0.2, 0.25) is 4.34 Å². The van der Waals surface area contributed by atoms with Gasteiger partial charge in [0.25, 0.3) is 0 Å². The fraction of sp³-hybridized carbons (Fsp3) is 0.263. The van der Waals surface area contributed by atoms with Crippen LogP contribution < -0.4 is 0 Å². The number of carbonyl (C=O) groups is 1. The van der Waals surface area contributed by atoms with Gasteiger partial charge in [-0.25, -0.2) is 0 Å². The zero-order valence-electron chi connectivity index (χ0n) is 13.7. The molecule has 0 unspecified atom stereocenters. The molecule has 3 rings (SSSR count). The zero-order valence-corrected chi connectivity index (χ0v) is 15.3. The number of rotatable bonds is 4. The number of piperazine rings is 1. The highest BCUT2D eigenvalue weighted by molar-refractivity contribution is 7.16. The molecule has 25 heavy (non-hydrogen) atoms. The van der Waals surface area contributed by atoms with Gasteiger partial charge in [-0.1, -0.05) is 23.7 Å². The van der Waals surface area contributed by atoms with E-state index in [0.717, 1.165) is 42.6 Å². The van der Waals surface area contributed by atoms with Crippen molar-refractivity contribution in [1.29, 1.82) is 5.26 Å². The van der Waals surface area contributed by atoms with Gasteiger partial charge in [0.05, 0.1) is 16.0 Å². The van der Waals surface area contributed by atoms with Crippen LogP contribution in [0.4, 0.5) is 0 Å². The predicted octanol–water partition coefficient (Wildman–Crippen LogP) is 3.63. The second-order valence-corrected chi connectivity index (χ2v) is 7.67. The molecular formula is C19H18ClN3OS. The second kappa shape index (κ2) is 8.30. The van der Waals surface area contributed by atoms with E-state index in [0.29, 0.717) is 5.56 Å². The molecule has 0 N–H and O–H groups in total. The van der Waals surface area contributed by atoms with Crippen LogP contribution in [-0.4, -0.2) is 41.9 Å². The highest BCUT2D eigenvalue weighted by Gasteiger charge is 2.19. The van der Waals surface area contributed by atoms with Crippen molar-refractivity contribution in [2.45, 2.75) is 6.54 Å². The molecule has 0 spiro atoms. The quantitative estimate of drug-likeness (QED) is 0.771. The van der Waals surface area contributed by atoms with Crippen molar-refractivity contribution in [2.75, 3.05) is 26.2 Å². The largest absolute Gasteiger partial charge is 0.337 e. The molecule has 0 radical (unpaired) electrons. The molecule has 1 aromatic heterocycles. The molecule has 0 atom stereocenters. The third-order valence-electron chi connectivity index (χ3n) is 4.15.